The largest absolute Gasteiger partial charge is 0.240 e. The number of nitrogens with zero attached hydrogens (tertiary/aromatic N) is 1. The van der Waals surface area contributed by atoms with E-state index in [4.69, 9.17) is 0 Å². The highest BCUT2D eigenvalue weighted by atomic mass is 79.9. The molecule has 3 heteroatoms. The number of thiazole rings is 1. The van der Waals surface area contributed by atoms with Crippen LogP contribution >= 0.6 is 27.3 Å². The lowest BCUT2D eigenvalue weighted by Gasteiger charge is -1.88. The SMILES string of the molecule is Brc1cccc2sc(C3CC3)nc12. The molecular formula is C10H8BrNS. The molecule has 0 spiro atoms. The molecule has 1 aliphatic rings. The van der Waals surface area contributed by atoms with Crippen LogP contribution in [0.3, 0.4) is 0 Å². The van der Waals surface area contributed by atoms with Gasteiger partial charge in [-0.1, -0.05) is 6.07 Å². The first kappa shape index (κ1) is 7.94. The summed E-state index contributed by atoms with van der Waals surface area (Å²) in [6.45, 7) is 0. The summed E-state index contributed by atoms with van der Waals surface area (Å²) in [5.74, 6) is 0.768. The molecule has 2 aromatic rings. The third-order valence-corrected chi connectivity index (χ3v) is 4.14. The predicted molar refractivity (Wildman–Crippen MR) is 59.3 cm³/mol. The van der Waals surface area contributed by atoms with Crippen LogP contribution in [0.25, 0.3) is 10.2 Å². The Hall–Kier alpha value is -0.410. The van der Waals surface area contributed by atoms with Crippen molar-refractivity contribution in [3.63, 3.8) is 0 Å². The standard InChI is InChI=1S/C10H8BrNS/c11-7-2-1-3-8-9(7)12-10(13-8)6-4-5-6/h1-3,6H,4-5H2. The number of hydrogen-bond donors (Lipinski definition) is 0. The second-order valence-electron chi connectivity index (χ2n) is 3.41. The van der Waals surface area contributed by atoms with E-state index in [1.807, 2.05) is 11.3 Å². The Morgan fingerprint density at radius 3 is 2.92 bits per heavy atom. The fourth-order valence-electron chi connectivity index (χ4n) is 1.44. The molecule has 1 heterocycles. The van der Waals surface area contributed by atoms with Crippen LogP contribution in [0.1, 0.15) is 23.8 Å². The summed E-state index contributed by atoms with van der Waals surface area (Å²) in [5, 5.41) is 1.32. The molecule has 1 fully saturated rings. The fraction of sp³-hybridized carbons (Fsp3) is 0.300. The molecule has 0 unspecified atom stereocenters. The normalized spacial score (nSPS) is 16.7. The molecule has 0 radical (unpaired) electrons. The maximum atomic E-state index is 4.65. The first-order valence-electron chi connectivity index (χ1n) is 4.39. The van der Waals surface area contributed by atoms with Crippen LogP contribution in [0, 0.1) is 0 Å². The monoisotopic (exact) mass is 253 g/mol. The number of para-hydroxylation sites is 1. The van der Waals surface area contributed by atoms with Gasteiger partial charge in [0, 0.05) is 10.4 Å². The van der Waals surface area contributed by atoms with Gasteiger partial charge in [0.1, 0.15) is 0 Å². The molecule has 1 aromatic heterocycles. The van der Waals surface area contributed by atoms with Crippen molar-refractivity contribution in [3.8, 4) is 0 Å². The van der Waals surface area contributed by atoms with E-state index in [0.717, 1.165) is 15.9 Å². The molecule has 0 atom stereocenters. The summed E-state index contributed by atoms with van der Waals surface area (Å²) in [4.78, 5) is 4.65. The van der Waals surface area contributed by atoms with Crippen LogP contribution in [0.2, 0.25) is 0 Å². The van der Waals surface area contributed by atoms with Crippen molar-refractivity contribution in [1.82, 2.24) is 4.98 Å². The second kappa shape index (κ2) is 2.79. The Kier molecular flexibility index (Phi) is 1.70. The van der Waals surface area contributed by atoms with E-state index >= 15 is 0 Å². The third kappa shape index (κ3) is 1.30. The zero-order valence-electron chi connectivity index (χ0n) is 6.96. The molecule has 0 aliphatic heterocycles. The highest BCUT2D eigenvalue weighted by Crippen LogP contribution is 2.43. The predicted octanol–water partition coefficient (Wildman–Crippen LogP) is 3.94. The van der Waals surface area contributed by atoms with Gasteiger partial charge in [0.05, 0.1) is 15.2 Å². The summed E-state index contributed by atoms with van der Waals surface area (Å²) in [6.07, 6.45) is 2.66. The Balaban J connectivity index is 2.26. The van der Waals surface area contributed by atoms with Crippen molar-refractivity contribution in [2.24, 2.45) is 0 Å². The zero-order chi connectivity index (χ0) is 8.84. The highest BCUT2D eigenvalue weighted by Gasteiger charge is 2.27. The van der Waals surface area contributed by atoms with Gasteiger partial charge in [0.2, 0.25) is 0 Å². The van der Waals surface area contributed by atoms with Crippen molar-refractivity contribution in [1.29, 1.82) is 0 Å². The van der Waals surface area contributed by atoms with Gasteiger partial charge in [-0.3, -0.25) is 0 Å². The first-order valence-corrected chi connectivity index (χ1v) is 6.00. The highest BCUT2D eigenvalue weighted by molar-refractivity contribution is 9.10. The molecule has 0 amide bonds. The lowest BCUT2D eigenvalue weighted by Crippen LogP contribution is -1.74. The van der Waals surface area contributed by atoms with Crippen molar-refractivity contribution < 1.29 is 0 Å². The fourth-order valence-corrected chi connectivity index (χ4v) is 3.19. The molecular weight excluding hydrogens is 246 g/mol. The molecule has 1 saturated carbocycles. The maximum Gasteiger partial charge on any atom is 0.0970 e. The molecule has 0 bridgehead atoms. The quantitative estimate of drug-likeness (QED) is 0.751. The smallest absolute Gasteiger partial charge is 0.0970 e. The van der Waals surface area contributed by atoms with E-state index in [9.17, 15) is 0 Å². The number of fused-ring (bicyclic) bond motifs is 1. The average molecular weight is 254 g/mol. The van der Waals surface area contributed by atoms with E-state index < -0.39 is 0 Å². The third-order valence-electron chi connectivity index (χ3n) is 2.31. The average Bonchev–Trinajstić information content (AvgIpc) is 2.87. The minimum absolute atomic E-state index is 0.768. The van der Waals surface area contributed by atoms with Gasteiger partial charge in [-0.05, 0) is 40.9 Å². The Bertz CT molecular complexity index is 459. The van der Waals surface area contributed by atoms with Crippen LogP contribution < -0.4 is 0 Å². The molecule has 0 saturated heterocycles. The van der Waals surface area contributed by atoms with E-state index in [1.165, 1.54) is 22.5 Å². The van der Waals surface area contributed by atoms with Gasteiger partial charge in [-0.15, -0.1) is 11.3 Å². The molecule has 66 valence electrons. The summed E-state index contributed by atoms with van der Waals surface area (Å²) in [6, 6.07) is 6.27. The van der Waals surface area contributed by atoms with E-state index in [2.05, 4.69) is 39.1 Å². The molecule has 1 nitrogen and oxygen atoms in total. The van der Waals surface area contributed by atoms with Crippen molar-refractivity contribution in [2.45, 2.75) is 18.8 Å². The van der Waals surface area contributed by atoms with E-state index in [-0.39, 0.29) is 0 Å². The van der Waals surface area contributed by atoms with Gasteiger partial charge in [0.25, 0.3) is 0 Å². The minimum atomic E-state index is 0.768. The van der Waals surface area contributed by atoms with Crippen LogP contribution in [0.4, 0.5) is 0 Å². The van der Waals surface area contributed by atoms with Gasteiger partial charge >= 0.3 is 0 Å². The Labute approximate surface area is 88.9 Å². The van der Waals surface area contributed by atoms with Crippen molar-refractivity contribution in [3.05, 3.63) is 27.7 Å². The minimum Gasteiger partial charge on any atom is -0.240 e. The van der Waals surface area contributed by atoms with Gasteiger partial charge in [-0.2, -0.15) is 0 Å². The summed E-state index contributed by atoms with van der Waals surface area (Å²) < 4.78 is 2.42. The van der Waals surface area contributed by atoms with Gasteiger partial charge in [-0.25, -0.2) is 4.98 Å². The number of benzene rings is 1. The van der Waals surface area contributed by atoms with E-state index in [1.54, 1.807) is 0 Å². The number of hydrogen-bond acceptors (Lipinski definition) is 2. The van der Waals surface area contributed by atoms with Gasteiger partial charge in [0.15, 0.2) is 0 Å². The number of rotatable bonds is 1. The number of aromatic nitrogens is 1. The van der Waals surface area contributed by atoms with Gasteiger partial charge < -0.3 is 0 Å². The second-order valence-corrected chi connectivity index (χ2v) is 5.33. The van der Waals surface area contributed by atoms with Crippen LogP contribution in [0.5, 0.6) is 0 Å². The number of halogens is 1. The summed E-state index contributed by atoms with van der Waals surface area (Å²) in [5.41, 5.74) is 1.13. The van der Waals surface area contributed by atoms with Crippen LogP contribution in [0.15, 0.2) is 22.7 Å². The maximum absolute atomic E-state index is 4.65. The first-order chi connectivity index (χ1) is 6.34. The molecule has 3 rings (SSSR count). The molecule has 13 heavy (non-hydrogen) atoms. The topological polar surface area (TPSA) is 12.9 Å². The molecule has 1 aromatic carbocycles. The molecule has 1 aliphatic carbocycles. The Morgan fingerprint density at radius 1 is 1.38 bits per heavy atom. The Morgan fingerprint density at radius 2 is 2.23 bits per heavy atom. The summed E-state index contributed by atoms with van der Waals surface area (Å²) >= 11 is 5.36. The van der Waals surface area contributed by atoms with Crippen LogP contribution in [-0.2, 0) is 0 Å². The van der Waals surface area contributed by atoms with Crippen LogP contribution in [-0.4, -0.2) is 4.98 Å². The molecule has 0 N–H and O–H groups in total. The van der Waals surface area contributed by atoms with E-state index in [0.29, 0.717) is 0 Å². The lowest BCUT2D eigenvalue weighted by atomic mass is 10.3. The van der Waals surface area contributed by atoms with Crippen molar-refractivity contribution >= 4 is 37.5 Å². The summed E-state index contributed by atoms with van der Waals surface area (Å²) in [7, 11) is 0. The lowest BCUT2D eigenvalue weighted by molar-refractivity contribution is 1.10. The zero-order valence-corrected chi connectivity index (χ0v) is 9.36. The van der Waals surface area contributed by atoms with Crippen molar-refractivity contribution in [2.75, 3.05) is 0 Å².